The van der Waals surface area contributed by atoms with E-state index in [0.29, 0.717) is 12.3 Å². The van der Waals surface area contributed by atoms with E-state index in [4.69, 9.17) is 0 Å². The smallest absolute Gasteiger partial charge is 0.315 e. The Morgan fingerprint density at radius 3 is 2.63 bits per heavy atom. The highest BCUT2D eigenvalue weighted by molar-refractivity contribution is 9.10. The molecule has 2 N–H and O–H groups in total. The van der Waals surface area contributed by atoms with Crippen LogP contribution in [-0.4, -0.2) is 28.1 Å². The summed E-state index contributed by atoms with van der Waals surface area (Å²) in [5.74, 6) is 0.397. The van der Waals surface area contributed by atoms with Gasteiger partial charge in [0.05, 0.1) is 10.8 Å². The largest absolute Gasteiger partial charge is 0.337 e. The van der Waals surface area contributed by atoms with Gasteiger partial charge in [-0.1, -0.05) is 22.0 Å². The summed E-state index contributed by atoms with van der Waals surface area (Å²) in [6.07, 6.45) is 0. The minimum atomic E-state index is -1.11. The number of hydrogen-bond donors (Lipinski definition) is 2. The zero-order valence-electron chi connectivity index (χ0n) is 11.3. The van der Waals surface area contributed by atoms with Crippen LogP contribution < -0.4 is 10.6 Å². The van der Waals surface area contributed by atoms with Crippen LogP contribution >= 0.6 is 15.9 Å². The lowest BCUT2D eigenvalue weighted by atomic mass is 10.1. The molecule has 1 atom stereocenters. The minimum Gasteiger partial charge on any atom is -0.337 e. The number of rotatable bonds is 4. The molecule has 0 saturated carbocycles. The van der Waals surface area contributed by atoms with E-state index in [1.165, 1.54) is 0 Å². The van der Waals surface area contributed by atoms with E-state index in [1.807, 2.05) is 45.0 Å². The summed E-state index contributed by atoms with van der Waals surface area (Å²) in [5, 5.41) is 5.48. The van der Waals surface area contributed by atoms with E-state index < -0.39 is 10.8 Å². The lowest BCUT2D eigenvalue weighted by Gasteiger charge is -2.20. The fourth-order valence-electron chi connectivity index (χ4n) is 1.37. The van der Waals surface area contributed by atoms with Crippen molar-refractivity contribution >= 4 is 32.8 Å². The van der Waals surface area contributed by atoms with Gasteiger partial charge in [-0.15, -0.1) is 0 Å². The Hall–Kier alpha value is -0.880. The average molecular weight is 347 g/mol. The van der Waals surface area contributed by atoms with Crippen LogP contribution in [0.3, 0.4) is 0 Å². The minimum absolute atomic E-state index is 0.237. The Morgan fingerprint density at radius 1 is 1.37 bits per heavy atom. The topological polar surface area (TPSA) is 58.2 Å². The van der Waals surface area contributed by atoms with E-state index in [1.54, 1.807) is 0 Å². The van der Waals surface area contributed by atoms with Gasteiger partial charge in [0.1, 0.15) is 0 Å². The molecule has 0 fully saturated rings. The van der Waals surface area contributed by atoms with Crippen molar-refractivity contribution in [1.82, 2.24) is 10.6 Å². The maximum absolute atomic E-state index is 12.0. The SMILES string of the molecule is CC(C)(C)NC(=O)NCC[S@@](=O)c1cccc(Br)c1. The first-order chi connectivity index (χ1) is 8.78. The lowest BCUT2D eigenvalue weighted by Crippen LogP contribution is -2.47. The van der Waals surface area contributed by atoms with Gasteiger partial charge in [0.25, 0.3) is 0 Å². The first-order valence-corrected chi connectivity index (χ1v) is 8.09. The Labute approximate surface area is 124 Å². The van der Waals surface area contributed by atoms with Gasteiger partial charge in [-0.05, 0) is 39.0 Å². The molecule has 0 aliphatic heterocycles. The van der Waals surface area contributed by atoms with E-state index in [-0.39, 0.29) is 11.6 Å². The average Bonchev–Trinajstić information content (AvgIpc) is 2.26. The van der Waals surface area contributed by atoms with Crippen molar-refractivity contribution in [2.75, 3.05) is 12.3 Å². The van der Waals surface area contributed by atoms with Crippen LogP contribution in [0, 0.1) is 0 Å². The van der Waals surface area contributed by atoms with Gasteiger partial charge in [-0.2, -0.15) is 0 Å². The summed E-state index contributed by atoms with van der Waals surface area (Å²) >= 11 is 3.34. The number of halogens is 1. The summed E-state index contributed by atoms with van der Waals surface area (Å²) in [7, 11) is -1.11. The van der Waals surface area contributed by atoms with Crippen molar-refractivity contribution in [2.45, 2.75) is 31.2 Å². The van der Waals surface area contributed by atoms with Crippen molar-refractivity contribution in [2.24, 2.45) is 0 Å². The number of nitrogens with one attached hydrogen (secondary N) is 2. The Bertz CT molecular complexity index is 472. The summed E-state index contributed by atoms with van der Waals surface area (Å²) < 4.78 is 12.9. The van der Waals surface area contributed by atoms with Crippen molar-refractivity contribution in [1.29, 1.82) is 0 Å². The highest BCUT2D eigenvalue weighted by Crippen LogP contribution is 2.14. The highest BCUT2D eigenvalue weighted by atomic mass is 79.9. The van der Waals surface area contributed by atoms with Gasteiger partial charge in [0.2, 0.25) is 0 Å². The van der Waals surface area contributed by atoms with Gasteiger partial charge in [-0.25, -0.2) is 4.79 Å². The normalized spacial score (nSPS) is 12.8. The molecule has 1 rings (SSSR count). The standard InChI is InChI=1S/C13H19BrN2O2S/c1-13(2,3)16-12(17)15-7-8-19(18)11-6-4-5-10(14)9-11/h4-6,9H,7-8H2,1-3H3,(H2,15,16,17)/t19-/m1/s1. The van der Waals surface area contributed by atoms with E-state index in [0.717, 1.165) is 9.37 Å². The third kappa shape index (κ3) is 6.73. The van der Waals surface area contributed by atoms with Crippen LogP contribution in [0.5, 0.6) is 0 Å². The molecule has 0 spiro atoms. The van der Waals surface area contributed by atoms with E-state index >= 15 is 0 Å². The highest BCUT2D eigenvalue weighted by Gasteiger charge is 2.13. The predicted octanol–water partition coefficient (Wildman–Crippen LogP) is 2.65. The molecule has 0 aliphatic carbocycles. The van der Waals surface area contributed by atoms with Crippen LogP contribution in [-0.2, 0) is 10.8 Å². The maximum atomic E-state index is 12.0. The lowest BCUT2D eigenvalue weighted by molar-refractivity contribution is 0.232. The van der Waals surface area contributed by atoms with Crippen molar-refractivity contribution in [3.05, 3.63) is 28.7 Å². The number of amides is 2. The summed E-state index contributed by atoms with van der Waals surface area (Å²) in [6, 6.07) is 7.13. The Morgan fingerprint density at radius 2 is 2.05 bits per heavy atom. The van der Waals surface area contributed by atoms with Gasteiger partial charge in [0.15, 0.2) is 0 Å². The Kier molecular flexibility index (Phi) is 6.00. The number of urea groups is 1. The van der Waals surface area contributed by atoms with Gasteiger partial charge >= 0.3 is 6.03 Å². The number of carbonyl (C=O) groups excluding carboxylic acids is 1. The molecule has 19 heavy (non-hydrogen) atoms. The molecule has 0 bridgehead atoms. The van der Waals surface area contributed by atoms with Crippen LogP contribution in [0.4, 0.5) is 4.79 Å². The molecular formula is C13H19BrN2O2S. The summed E-state index contributed by atoms with van der Waals surface area (Å²) in [4.78, 5) is 12.3. The molecule has 0 saturated heterocycles. The molecule has 6 heteroatoms. The van der Waals surface area contributed by atoms with Crippen LogP contribution in [0.2, 0.25) is 0 Å². The maximum Gasteiger partial charge on any atom is 0.315 e. The fourth-order valence-corrected chi connectivity index (χ4v) is 2.93. The third-order valence-corrected chi connectivity index (χ3v) is 3.97. The first kappa shape index (κ1) is 16.2. The molecule has 0 aromatic heterocycles. The zero-order valence-corrected chi connectivity index (χ0v) is 13.7. The molecule has 1 aromatic rings. The zero-order chi connectivity index (χ0) is 14.5. The molecular weight excluding hydrogens is 328 g/mol. The van der Waals surface area contributed by atoms with E-state index in [2.05, 4.69) is 26.6 Å². The second-order valence-electron chi connectivity index (χ2n) is 5.14. The molecule has 0 unspecified atom stereocenters. The quantitative estimate of drug-likeness (QED) is 0.880. The molecule has 0 radical (unpaired) electrons. The second-order valence-corrected chi connectivity index (χ2v) is 7.62. The molecule has 1 aromatic carbocycles. The number of hydrogen-bond acceptors (Lipinski definition) is 2. The fraction of sp³-hybridized carbons (Fsp3) is 0.462. The van der Waals surface area contributed by atoms with Crippen molar-refractivity contribution < 1.29 is 9.00 Å². The third-order valence-electron chi connectivity index (χ3n) is 2.12. The van der Waals surface area contributed by atoms with Crippen LogP contribution in [0.15, 0.2) is 33.6 Å². The Balaban J connectivity index is 2.37. The van der Waals surface area contributed by atoms with Gasteiger partial charge in [0, 0.05) is 27.2 Å². The molecule has 106 valence electrons. The number of carbonyl (C=O) groups is 1. The first-order valence-electron chi connectivity index (χ1n) is 5.98. The summed E-state index contributed by atoms with van der Waals surface area (Å²) in [5.41, 5.74) is -0.270. The molecule has 4 nitrogen and oxygen atoms in total. The van der Waals surface area contributed by atoms with Gasteiger partial charge < -0.3 is 10.6 Å². The van der Waals surface area contributed by atoms with Crippen molar-refractivity contribution in [3.63, 3.8) is 0 Å². The molecule has 2 amide bonds. The van der Waals surface area contributed by atoms with Crippen LogP contribution in [0.1, 0.15) is 20.8 Å². The molecule has 0 aliphatic rings. The van der Waals surface area contributed by atoms with Gasteiger partial charge in [-0.3, -0.25) is 4.21 Å². The monoisotopic (exact) mass is 346 g/mol. The van der Waals surface area contributed by atoms with Crippen molar-refractivity contribution in [3.8, 4) is 0 Å². The number of benzene rings is 1. The van der Waals surface area contributed by atoms with E-state index in [9.17, 15) is 9.00 Å². The van der Waals surface area contributed by atoms with Crippen LogP contribution in [0.25, 0.3) is 0 Å². The second kappa shape index (κ2) is 7.05. The predicted molar refractivity (Wildman–Crippen MR) is 81.7 cm³/mol. The summed E-state index contributed by atoms with van der Waals surface area (Å²) in [6.45, 7) is 6.10. The molecule has 0 heterocycles.